The van der Waals surface area contributed by atoms with E-state index in [1.165, 1.54) is 244 Å². The van der Waals surface area contributed by atoms with Crippen LogP contribution in [0.5, 0.6) is 0 Å². The van der Waals surface area contributed by atoms with Gasteiger partial charge in [0.05, 0.1) is 18.8 Å². The highest BCUT2D eigenvalue weighted by Crippen LogP contribution is 2.18. The Morgan fingerprint density at radius 3 is 0.904 bits per heavy atom. The Kier molecular flexibility index (Phi) is 61.7. The molecule has 0 radical (unpaired) electrons. The SMILES string of the molecule is CC/C=C\C/C=C\C/C=C\C/C=C\C/C=C\C/C=C\CCCCCCCCCCCCCCCCCCC(=O)NC(CO)C(O)/C=C/CCCCCCCCCCCCCCCCCCCCCCCCCC. The third-order valence-electron chi connectivity index (χ3n) is 14.6. The van der Waals surface area contributed by atoms with Crippen molar-refractivity contribution in [3.8, 4) is 0 Å². The number of amides is 1. The third-order valence-corrected chi connectivity index (χ3v) is 14.6. The van der Waals surface area contributed by atoms with Gasteiger partial charge in [0.25, 0.3) is 0 Å². The highest BCUT2D eigenvalue weighted by Gasteiger charge is 2.18. The van der Waals surface area contributed by atoms with Crippen molar-refractivity contribution in [1.29, 1.82) is 0 Å². The number of aliphatic hydroxyl groups excluding tert-OH is 2. The summed E-state index contributed by atoms with van der Waals surface area (Å²) in [7, 11) is 0. The average molecular weight is 1020 g/mol. The Balaban J connectivity index is 3.48. The molecule has 0 spiro atoms. The number of hydrogen-bond acceptors (Lipinski definition) is 3. The number of nitrogens with one attached hydrogen (secondary N) is 1. The molecular formula is C69H125NO3. The van der Waals surface area contributed by atoms with E-state index in [1.54, 1.807) is 6.08 Å². The van der Waals surface area contributed by atoms with Crippen molar-refractivity contribution in [1.82, 2.24) is 5.32 Å². The molecule has 0 aromatic carbocycles. The van der Waals surface area contributed by atoms with E-state index in [1.807, 2.05) is 6.08 Å². The largest absolute Gasteiger partial charge is 0.394 e. The Labute approximate surface area is 456 Å². The van der Waals surface area contributed by atoms with E-state index in [9.17, 15) is 15.0 Å². The van der Waals surface area contributed by atoms with E-state index in [4.69, 9.17) is 0 Å². The summed E-state index contributed by atoms with van der Waals surface area (Å²) in [6.45, 7) is 4.22. The molecular weight excluding hydrogens is 891 g/mol. The molecule has 1 amide bonds. The van der Waals surface area contributed by atoms with Gasteiger partial charge in [0, 0.05) is 6.42 Å². The fraction of sp³-hybridized carbons (Fsp3) is 0.783. The maximum Gasteiger partial charge on any atom is 0.220 e. The molecule has 0 saturated carbocycles. The number of allylic oxidation sites excluding steroid dienone is 13. The number of aliphatic hydroxyl groups is 2. The molecule has 0 bridgehead atoms. The van der Waals surface area contributed by atoms with Crippen LogP contribution in [-0.2, 0) is 4.79 Å². The second kappa shape index (κ2) is 63.9. The summed E-state index contributed by atoms with van der Waals surface area (Å²) in [5.41, 5.74) is 0. The quantitative estimate of drug-likeness (QED) is 0.0420. The topological polar surface area (TPSA) is 69.6 Å². The monoisotopic (exact) mass is 1020 g/mol. The van der Waals surface area contributed by atoms with E-state index < -0.39 is 12.1 Å². The minimum absolute atomic E-state index is 0.0617. The fourth-order valence-corrected chi connectivity index (χ4v) is 9.77. The number of hydrogen-bond donors (Lipinski definition) is 3. The van der Waals surface area contributed by atoms with Gasteiger partial charge in [0.1, 0.15) is 0 Å². The molecule has 4 heteroatoms. The average Bonchev–Trinajstić information content (AvgIpc) is 3.40. The molecule has 0 saturated heterocycles. The molecule has 0 aliphatic rings. The number of rotatable bonds is 59. The van der Waals surface area contributed by atoms with Crippen LogP contribution in [0.1, 0.15) is 328 Å². The van der Waals surface area contributed by atoms with E-state index in [0.717, 1.165) is 64.2 Å². The molecule has 0 heterocycles. The zero-order valence-corrected chi connectivity index (χ0v) is 48.9. The van der Waals surface area contributed by atoms with Gasteiger partial charge in [-0.2, -0.15) is 0 Å². The molecule has 0 aliphatic carbocycles. The van der Waals surface area contributed by atoms with Crippen LogP contribution < -0.4 is 5.32 Å². The first-order chi connectivity index (χ1) is 36.2. The van der Waals surface area contributed by atoms with Gasteiger partial charge in [-0.05, 0) is 70.6 Å². The highest BCUT2D eigenvalue weighted by atomic mass is 16.3. The molecule has 73 heavy (non-hydrogen) atoms. The molecule has 3 N–H and O–H groups in total. The third kappa shape index (κ3) is 60.3. The summed E-state index contributed by atoms with van der Waals surface area (Å²) in [6.07, 6.45) is 93.5. The molecule has 0 fully saturated rings. The van der Waals surface area contributed by atoms with Gasteiger partial charge in [-0.15, -0.1) is 0 Å². The van der Waals surface area contributed by atoms with Gasteiger partial charge in [0.2, 0.25) is 5.91 Å². The summed E-state index contributed by atoms with van der Waals surface area (Å²) in [4.78, 5) is 12.5. The predicted molar refractivity (Wildman–Crippen MR) is 327 cm³/mol. The second-order valence-corrected chi connectivity index (χ2v) is 21.8. The number of unbranched alkanes of at least 4 members (excludes halogenated alkanes) is 40. The van der Waals surface area contributed by atoms with E-state index >= 15 is 0 Å². The molecule has 2 unspecified atom stereocenters. The number of carbonyl (C=O) groups is 1. The van der Waals surface area contributed by atoms with Crippen molar-refractivity contribution in [2.75, 3.05) is 6.61 Å². The lowest BCUT2D eigenvalue weighted by atomic mass is 10.0. The van der Waals surface area contributed by atoms with Crippen molar-refractivity contribution in [2.45, 2.75) is 341 Å². The molecule has 0 aliphatic heterocycles. The first-order valence-electron chi connectivity index (χ1n) is 32.3. The normalized spacial score (nSPS) is 13.3. The predicted octanol–water partition coefficient (Wildman–Crippen LogP) is 21.9. The Morgan fingerprint density at radius 1 is 0.342 bits per heavy atom. The molecule has 0 rings (SSSR count). The smallest absolute Gasteiger partial charge is 0.220 e. The molecule has 424 valence electrons. The zero-order valence-electron chi connectivity index (χ0n) is 48.9. The first kappa shape index (κ1) is 70.6. The van der Waals surface area contributed by atoms with E-state index in [0.29, 0.717) is 6.42 Å². The van der Waals surface area contributed by atoms with Gasteiger partial charge in [-0.1, -0.05) is 336 Å². The Morgan fingerprint density at radius 2 is 0.603 bits per heavy atom. The molecule has 0 aromatic rings. The lowest BCUT2D eigenvalue weighted by molar-refractivity contribution is -0.123. The standard InChI is InChI=1S/C69H125NO3/c1-3-5-7-9-11-13-15-17-19-21-23-25-27-29-31-32-33-34-35-36-37-38-39-41-43-45-47-49-51-53-55-57-59-61-63-65-69(73)70-67(66-71)68(72)64-62-60-58-56-54-52-50-48-46-44-42-40-30-28-26-24-22-20-18-16-14-12-10-8-6-4-2/h5,7,11,13,17,19,23,25,29,31,33-34,62,64,67-68,71-72H,3-4,6,8-10,12,14-16,18,20-22,24,26-28,30,32,35-61,63,65-66H2,1-2H3,(H,70,73)/b7-5-,13-11-,19-17-,25-23-,31-29-,34-33-,64-62+. The minimum atomic E-state index is -0.844. The summed E-state index contributed by atoms with van der Waals surface area (Å²) < 4.78 is 0. The summed E-state index contributed by atoms with van der Waals surface area (Å²) in [5.74, 6) is -0.0617. The maximum absolute atomic E-state index is 12.5. The highest BCUT2D eigenvalue weighted by molar-refractivity contribution is 5.76. The number of carbonyl (C=O) groups excluding carboxylic acids is 1. The molecule has 4 nitrogen and oxygen atoms in total. The van der Waals surface area contributed by atoms with Crippen molar-refractivity contribution in [3.05, 3.63) is 85.1 Å². The lowest BCUT2D eigenvalue weighted by Crippen LogP contribution is -2.45. The molecule has 2 atom stereocenters. The Hall–Kier alpha value is -2.43. The van der Waals surface area contributed by atoms with Crippen LogP contribution in [0.25, 0.3) is 0 Å². The van der Waals surface area contributed by atoms with Gasteiger partial charge in [0.15, 0.2) is 0 Å². The zero-order chi connectivity index (χ0) is 52.7. The van der Waals surface area contributed by atoms with Crippen molar-refractivity contribution in [2.24, 2.45) is 0 Å². The van der Waals surface area contributed by atoms with Crippen LogP contribution in [0.2, 0.25) is 0 Å². The molecule has 0 aromatic heterocycles. The summed E-state index contributed by atoms with van der Waals surface area (Å²) in [5, 5.41) is 23.3. The van der Waals surface area contributed by atoms with Crippen molar-refractivity contribution >= 4 is 5.91 Å². The Bertz CT molecular complexity index is 1290. The van der Waals surface area contributed by atoms with Gasteiger partial charge in [-0.25, -0.2) is 0 Å². The summed E-state index contributed by atoms with van der Waals surface area (Å²) in [6, 6.07) is -0.627. The van der Waals surface area contributed by atoms with Crippen molar-refractivity contribution in [3.63, 3.8) is 0 Å². The van der Waals surface area contributed by atoms with Crippen LogP contribution in [0.3, 0.4) is 0 Å². The van der Waals surface area contributed by atoms with Gasteiger partial charge < -0.3 is 15.5 Å². The second-order valence-electron chi connectivity index (χ2n) is 21.8. The van der Waals surface area contributed by atoms with E-state index in [-0.39, 0.29) is 12.5 Å². The van der Waals surface area contributed by atoms with Crippen LogP contribution in [-0.4, -0.2) is 34.9 Å². The first-order valence-corrected chi connectivity index (χ1v) is 32.3. The van der Waals surface area contributed by atoms with Crippen molar-refractivity contribution < 1.29 is 15.0 Å². The maximum atomic E-state index is 12.5. The van der Waals surface area contributed by atoms with Gasteiger partial charge in [-0.3, -0.25) is 4.79 Å². The fourth-order valence-electron chi connectivity index (χ4n) is 9.77. The van der Waals surface area contributed by atoms with Crippen LogP contribution in [0.4, 0.5) is 0 Å². The van der Waals surface area contributed by atoms with Crippen LogP contribution >= 0.6 is 0 Å². The van der Waals surface area contributed by atoms with E-state index in [2.05, 4.69) is 92.1 Å². The van der Waals surface area contributed by atoms with Gasteiger partial charge >= 0.3 is 0 Å². The minimum Gasteiger partial charge on any atom is -0.394 e. The summed E-state index contributed by atoms with van der Waals surface area (Å²) >= 11 is 0. The van der Waals surface area contributed by atoms with Crippen LogP contribution in [0.15, 0.2) is 85.1 Å². The van der Waals surface area contributed by atoms with Crippen LogP contribution in [0, 0.1) is 0 Å². The lowest BCUT2D eigenvalue weighted by Gasteiger charge is -2.20.